The number of pyridine rings is 1. The van der Waals surface area contributed by atoms with Crippen molar-refractivity contribution in [3.05, 3.63) is 48.3 Å². The molecule has 0 aliphatic heterocycles. The van der Waals surface area contributed by atoms with Crippen molar-refractivity contribution in [2.45, 2.75) is 6.61 Å². The normalized spacial score (nSPS) is 10.9. The zero-order valence-electron chi connectivity index (χ0n) is 11.5. The molecule has 108 valence electrons. The van der Waals surface area contributed by atoms with Crippen LogP contribution < -0.4 is 10.5 Å². The number of aromatic nitrogens is 3. The van der Waals surface area contributed by atoms with Gasteiger partial charge in [0, 0.05) is 23.8 Å². The summed E-state index contributed by atoms with van der Waals surface area (Å²) in [6.07, 6.45) is 3.50. The van der Waals surface area contributed by atoms with Crippen LogP contribution in [0.15, 0.2) is 42.7 Å². The molecule has 1 aromatic carbocycles. The number of benzene rings is 1. The number of hydrogen-bond acceptors (Lipinski definition) is 5. The van der Waals surface area contributed by atoms with Gasteiger partial charge < -0.3 is 15.2 Å². The van der Waals surface area contributed by atoms with Gasteiger partial charge in [-0.3, -0.25) is 10.1 Å². The first-order chi connectivity index (χ1) is 10.3. The number of hydrogen-bond donors (Lipinski definition) is 2. The Balaban J connectivity index is 1.46. The van der Waals surface area contributed by atoms with E-state index in [4.69, 9.17) is 15.2 Å². The van der Waals surface area contributed by atoms with Gasteiger partial charge in [-0.25, -0.2) is 0 Å². The molecular weight excluding hydrogens is 268 g/mol. The summed E-state index contributed by atoms with van der Waals surface area (Å²) in [4.78, 5) is 3.96. The van der Waals surface area contributed by atoms with Crippen LogP contribution >= 0.6 is 0 Å². The summed E-state index contributed by atoms with van der Waals surface area (Å²) < 4.78 is 11.2. The molecular formula is C15H16N4O2. The second kappa shape index (κ2) is 6.23. The summed E-state index contributed by atoms with van der Waals surface area (Å²) >= 11 is 0. The SMILES string of the molecule is Nc1n[nH]c2cc(OCCOCc3ccncc3)ccc12. The minimum Gasteiger partial charge on any atom is -0.491 e. The van der Waals surface area contributed by atoms with Gasteiger partial charge in [0.15, 0.2) is 5.82 Å². The van der Waals surface area contributed by atoms with Crippen molar-refractivity contribution in [1.29, 1.82) is 0 Å². The summed E-state index contributed by atoms with van der Waals surface area (Å²) in [5.41, 5.74) is 7.67. The van der Waals surface area contributed by atoms with Crippen molar-refractivity contribution in [1.82, 2.24) is 15.2 Å². The van der Waals surface area contributed by atoms with E-state index < -0.39 is 0 Å². The van der Waals surface area contributed by atoms with E-state index in [9.17, 15) is 0 Å². The monoisotopic (exact) mass is 284 g/mol. The van der Waals surface area contributed by atoms with Gasteiger partial charge in [0.05, 0.1) is 18.7 Å². The standard InChI is InChI=1S/C15H16N4O2/c16-15-13-2-1-12(9-14(13)18-19-15)21-8-7-20-10-11-3-5-17-6-4-11/h1-6,9H,7-8,10H2,(H3,16,18,19). The molecule has 0 radical (unpaired) electrons. The van der Waals surface area contributed by atoms with Gasteiger partial charge >= 0.3 is 0 Å². The molecule has 0 spiro atoms. The number of fused-ring (bicyclic) bond motifs is 1. The highest BCUT2D eigenvalue weighted by Crippen LogP contribution is 2.22. The molecule has 0 unspecified atom stereocenters. The first-order valence-electron chi connectivity index (χ1n) is 6.66. The first kappa shape index (κ1) is 13.4. The van der Waals surface area contributed by atoms with Crippen LogP contribution in [-0.4, -0.2) is 28.4 Å². The van der Waals surface area contributed by atoms with Gasteiger partial charge in [0.1, 0.15) is 12.4 Å². The van der Waals surface area contributed by atoms with Crippen molar-refractivity contribution >= 4 is 16.7 Å². The van der Waals surface area contributed by atoms with E-state index in [0.29, 0.717) is 25.6 Å². The van der Waals surface area contributed by atoms with Crippen LogP contribution in [-0.2, 0) is 11.3 Å². The minimum atomic E-state index is 0.486. The fourth-order valence-corrected chi connectivity index (χ4v) is 2.00. The van der Waals surface area contributed by atoms with E-state index in [2.05, 4.69) is 15.2 Å². The molecule has 0 aliphatic rings. The third-order valence-corrected chi connectivity index (χ3v) is 3.08. The van der Waals surface area contributed by atoms with Crippen LogP contribution in [0.5, 0.6) is 5.75 Å². The predicted molar refractivity (Wildman–Crippen MR) is 79.9 cm³/mol. The highest BCUT2D eigenvalue weighted by atomic mass is 16.5. The zero-order chi connectivity index (χ0) is 14.5. The Morgan fingerprint density at radius 3 is 2.81 bits per heavy atom. The van der Waals surface area contributed by atoms with Crippen molar-refractivity contribution in [2.24, 2.45) is 0 Å². The molecule has 6 nitrogen and oxygen atoms in total. The summed E-state index contributed by atoms with van der Waals surface area (Å²) in [7, 11) is 0. The Labute approximate surface area is 121 Å². The van der Waals surface area contributed by atoms with Gasteiger partial charge in [-0.15, -0.1) is 0 Å². The molecule has 0 saturated heterocycles. The maximum atomic E-state index is 5.71. The summed E-state index contributed by atoms with van der Waals surface area (Å²) in [6.45, 7) is 1.56. The second-order valence-electron chi connectivity index (χ2n) is 4.57. The summed E-state index contributed by atoms with van der Waals surface area (Å²) in [5, 5.41) is 7.71. The highest BCUT2D eigenvalue weighted by Gasteiger charge is 2.03. The number of rotatable bonds is 6. The molecule has 3 rings (SSSR count). The average Bonchev–Trinajstić information content (AvgIpc) is 2.89. The van der Waals surface area contributed by atoms with E-state index in [1.807, 2.05) is 30.3 Å². The first-order valence-corrected chi connectivity index (χ1v) is 6.66. The van der Waals surface area contributed by atoms with Crippen molar-refractivity contribution < 1.29 is 9.47 Å². The van der Waals surface area contributed by atoms with E-state index >= 15 is 0 Å². The lowest BCUT2D eigenvalue weighted by atomic mass is 10.2. The second-order valence-corrected chi connectivity index (χ2v) is 4.57. The van der Waals surface area contributed by atoms with Gasteiger partial charge in [0.2, 0.25) is 0 Å². The molecule has 0 bridgehead atoms. The molecule has 0 fully saturated rings. The molecule has 3 aromatic rings. The Hall–Kier alpha value is -2.60. The molecule has 21 heavy (non-hydrogen) atoms. The number of nitrogens with two attached hydrogens (primary N) is 1. The number of nitrogens with zero attached hydrogens (tertiary/aromatic N) is 2. The maximum absolute atomic E-state index is 5.71. The van der Waals surface area contributed by atoms with Crippen molar-refractivity contribution in [2.75, 3.05) is 18.9 Å². The summed E-state index contributed by atoms with van der Waals surface area (Å²) in [5.74, 6) is 1.26. The van der Waals surface area contributed by atoms with Crippen LogP contribution in [0.3, 0.4) is 0 Å². The quantitative estimate of drug-likeness (QED) is 0.677. The predicted octanol–water partition coefficient (Wildman–Crippen LogP) is 2.14. The molecule has 0 amide bonds. The lowest BCUT2D eigenvalue weighted by Crippen LogP contribution is -2.06. The average molecular weight is 284 g/mol. The zero-order valence-corrected chi connectivity index (χ0v) is 11.5. The van der Waals surface area contributed by atoms with E-state index in [1.54, 1.807) is 12.4 Å². The molecule has 2 heterocycles. The number of anilines is 1. The Morgan fingerprint density at radius 2 is 1.95 bits per heavy atom. The molecule has 0 aliphatic carbocycles. The fourth-order valence-electron chi connectivity index (χ4n) is 2.00. The Morgan fingerprint density at radius 1 is 1.10 bits per heavy atom. The molecule has 0 saturated carbocycles. The van der Waals surface area contributed by atoms with Gasteiger partial charge in [-0.2, -0.15) is 5.10 Å². The van der Waals surface area contributed by atoms with Gasteiger partial charge in [-0.1, -0.05) is 0 Å². The van der Waals surface area contributed by atoms with Crippen molar-refractivity contribution in [3.8, 4) is 5.75 Å². The molecule has 0 atom stereocenters. The minimum absolute atomic E-state index is 0.486. The lowest BCUT2D eigenvalue weighted by molar-refractivity contribution is 0.0889. The topological polar surface area (TPSA) is 86.0 Å². The molecule has 3 N–H and O–H groups in total. The number of H-pyrrole nitrogens is 1. The highest BCUT2D eigenvalue weighted by molar-refractivity contribution is 5.89. The third-order valence-electron chi connectivity index (χ3n) is 3.08. The van der Waals surface area contributed by atoms with Gasteiger partial charge in [-0.05, 0) is 29.8 Å². The fraction of sp³-hybridized carbons (Fsp3) is 0.200. The summed E-state index contributed by atoms with van der Waals surface area (Å²) in [6, 6.07) is 9.49. The molecule has 2 aromatic heterocycles. The van der Waals surface area contributed by atoms with Crippen LogP contribution in [0.1, 0.15) is 5.56 Å². The lowest BCUT2D eigenvalue weighted by Gasteiger charge is -2.07. The van der Waals surface area contributed by atoms with Gasteiger partial charge in [0.25, 0.3) is 0 Å². The number of aromatic amines is 1. The van der Waals surface area contributed by atoms with E-state index in [1.165, 1.54) is 0 Å². The smallest absolute Gasteiger partial charge is 0.153 e. The maximum Gasteiger partial charge on any atom is 0.153 e. The van der Waals surface area contributed by atoms with E-state index in [0.717, 1.165) is 22.2 Å². The van der Waals surface area contributed by atoms with Crippen LogP contribution in [0, 0.1) is 0 Å². The number of nitrogens with one attached hydrogen (secondary N) is 1. The van der Waals surface area contributed by atoms with E-state index in [-0.39, 0.29) is 0 Å². The van der Waals surface area contributed by atoms with Crippen LogP contribution in [0.2, 0.25) is 0 Å². The molecule has 6 heteroatoms. The Bertz CT molecular complexity index is 712. The van der Waals surface area contributed by atoms with Crippen LogP contribution in [0.4, 0.5) is 5.82 Å². The number of ether oxygens (including phenoxy) is 2. The number of nitrogen functional groups attached to an aromatic ring is 1. The Kier molecular flexibility index (Phi) is 3.97. The largest absolute Gasteiger partial charge is 0.491 e. The third kappa shape index (κ3) is 3.29. The van der Waals surface area contributed by atoms with Crippen molar-refractivity contribution in [3.63, 3.8) is 0 Å². The van der Waals surface area contributed by atoms with Crippen LogP contribution in [0.25, 0.3) is 10.9 Å².